The Bertz CT molecular complexity index is 1160. The fourth-order valence-electron chi connectivity index (χ4n) is 3.26. The van der Waals surface area contributed by atoms with Crippen molar-refractivity contribution in [2.24, 2.45) is 0 Å². The van der Waals surface area contributed by atoms with Crippen LogP contribution in [0.1, 0.15) is 46.1 Å². The standard InChI is InChI=1S/C22H22N2O4S/c1-14-17(13-29(2,26)27)9-6-10-18(14)23-21(25)19-20(15-11-12-15)28-22(24-19)16-7-4-3-5-8-16/h3-10,15H,11-13H2,1-2H3,(H,23,25). The largest absolute Gasteiger partial charge is 0.440 e. The van der Waals surface area contributed by atoms with Gasteiger partial charge in [-0.05, 0) is 49.1 Å². The third kappa shape index (κ3) is 4.40. The number of carbonyl (C=O) groups excluding carboxylic acids is 1. The Morgan fingerprint density at radius 1 is 1.14 bits per heavy atom. The highest BCUT2D eigenvalue weighted by molar-refractivity contribution is 7.89. The van der Waals surface area contributed by atoms with Crippen LogP contribution in [0.4, 0.5) is 5.69 Å². The van der Waals surface area contributed by atoms with E-state index in [4.69, 9.17) is 4.42 Å². The molecule has 4 rings (SSSR count). The Balaban J connectivity index is 1.64. The average Bonchev–Trinajstić information content (AvgIpc) is 3.42. The van der Waals surface area contributed by atoms with Crippen LogP contribution in [0, 0.1) is 6.92 Å². The van der Waals surface area contributed by atoms with Gasteiger partial charge in [0.2, 0.25) is 5.89 Å². The molecule has 7 heteroatoms. The predicted molar refractivity (Wildman–Crippen MR) is 112 cm³/mol. The van der Waals surface area contributed by atoms with Crippen LogP contribution in [0.2, 0.25) is 0 Å². The number of nitrogens with zero attached hydrogens (tertiary/aromatic N) is 1. The van der Waals surface area contributed by atoms with E-state index in [-0.39, 0.29) is 17.6 Å². The van der Waals surface area contributed by atoms with Gasteiger partial charge >= 0.3 is 0 Å². The smallest absolute Gasteiger partial charge is 0.277 e. The molecule has 0 atom stereocenters. The van der Waals surface area contributed by atoms with Gasteiger partial charge in [0.05, 0.1) is 5.75 Å². The van der Waals surface area contributed by atoms with Gasteiger partial charge in [0.1, 0.15) is 5.76 Å². The number of carbonyl (C=O) groups is 1. The first-order valence-corrected chi connectivity index (χ1v) is 11.5. The minimum atomic E-state index is -3.17. The lowest BCUT2D eigenvalue weighted by Crippen LogP contribution is -2.15. The van der Waals surface area contributed by atoms with Gasteiger partial charge in [-0.1, -0.05) is 30.3 Å². The molecule has 29 heavy (non-hydrogen) atoms. The number of benzene rings is 2. The maximum Gasteiger partial charge on any atom is 0.277 e. The first-order valence-electron chi connectivity index (χ1n) is 9.45. The van der Waals surface area contributed by atoms with Crippen molar-refractivity contribution >= 4 is 21.4 Å². The SMILES string of the molecule is Cc1c(CS(C)(=O)=O)cccc1NC(=O)c1nc(-c2ccccc2)oc1C1CC1. The molecule has 1 N–H and O–H groups in total. The first kappa shape index (κ1) is 19.4. The molecule has 1 aliphatic rings. The van der Waals surface area contributed by atoms with Crippen molar-refractivity contribution in [3.05, 3.63) is 71.1 Å². The minimum Gasteiger partial charge on any atom is -0.440 e. The second kappa shape index (κ2) is 7.48. The van der Waals surface area contributed by atoms with Gasteiger partial charge in [0.15, 0.2) is 15.5 Å². The average molecular weight is 410 g/mol. The fraction of sp³-hybridized carbons (Fsp3) is 0.273. The summed E-state index contributed by atoms with van der Waals surface area (Å²) in [7, 11) is -3.17. The normalized spacial score (nSPS) is 14.0. The molecule has 1 aliphatic carbocycles. The number of aromatic nitrogens is 1. The van der Waals surface area contributed by atoms with Crippen LogP contribution in [0.25, 0.3) is 11.5 Å². The minimum absolute atomic E-state index is 0.0714. The van der Waals surface area contributed by atoms with E-state index in [1.54, 1.807) is 25.1 Å². The number of rotatable bonds is 6. The molecule has 1 amide bonds. The second-order valence-corrected chi connectivity index (χ2v) is 9.63. The zero-order valence-electron chi connectivity index (χ0n) is 16.3. The quantitative estimate of drug-likeness (QED) is 0.653. The van der Waals surface area contributed by atoms with Crippen LogP contribution in [0.3, 0.4) is 0 Å². The van der Waals surface area contributed by atoms with Crippen molar-refractivity contribution < 1.29 is 17.6 Å². The Morgan fingerprint density at radius 3 is 2.52 bits per heavy atom. The highest BCUT2D eigenvalue weighted by Crippen LogP contribution is 2.43. The van der Waals surface area contributed by atoms with E-state index in [1.807, 2.05) is 30.3 Å². The highest BCUT2D eigenvalue weighted by Gasteiger charge is 2.34. The summed E-state index contributed by atoms with van der Waals surface area (Å²) in [5.74, 6) is 0.847. The van der Waals surface area contributed by atoms with E-state index in [1.165, 1.54) is 6.26 Å². The number of hydrogen-bond donors (Lipinski definition) is 1. The van der Waals surface area contributed by atoms with Crippen molar-refractivity contribution in [1.29, 1.82) is 0 Å². The lowest BCUT2D eigenvalue weighted by molar-refractivity contribution is 0.102. The molecule has 1 aromatic heterocycles. The Kier molecular flexibility index (Phi) is 5.00. The number of nitrogens with one attached hydrogen (secondary N) is 1. The first-order chi connectivity index (χ1) is 13.8. The van der Waals surface area contributed by atoms with Gasteiger partial charge in [-0.15, -0.1) is 0 Å². The third-order valence-corrected chi connectivity index (χ3v) is 5.78. The molecule has 6 nitrogen and oxygen atoms in total. The Hall–Kier alpha value is -2.93. The number of oxazole rings is 1. The number of amides is 1. The van der Waals surface area contributed by atoms with Crippen molar-refractivity contribution in [1.82, 2.24) is 4.98 Å². The van der Waals surface area contributed by atoms with Gasteiger partial charge in [0.25, 0.3) is 5.91 Å². The van der Waals surface area contributed by atoms with Crippen LogP contribution in [-0.4, -0.2) is 25.6 Å². The summed E-state index contributed by atoms with van der Waals surface area (Å²) >= 11 is 0. The third-order valence-electron chi connectivity index (χ3n) is 4.95. The van der Waals surface area contributed by atoms with E-state index in [0.29, 0.717) is 28.6 Å². The number of hydrogen-bond acceptors (Lipinski definition) is 5. The monoisotopic (exact) mass is 410 g/mol. The lowest BCUT2D eigenvalue weighted by atomic mass is 10.1. The highest BCUT2D eigenvalue weighted by atomic mass is 32.2. The number of sulfone groups is 1. The van der Waals surface area contributed by atoms with Gasteiger partial charge in [-0.3, -0.25) is 4.79 Å². The maximum absolute atomic E-state index is 13.0. The molecule has 1 heterocycles. The maximum atomic E-state index is 13.0. The van der Waals surface area contributed by atoms with Crippen LogP contribution < -0.4 is 5.32 Å². The van der Waals surface area contributed by atoms with Crippen LogP contribution in [-0.2, 0) is 15.6 Å². The molecule has 2 aromatic carbocycles. The molecule has 3 aromatic rings. The van der Waals surface area contributed by atoms with E-state index >= 15 is 0 Å². The van der Waals surface area contributed by atoms with Gasteiger partial charge in [-0.25, -0.2) is 13.4 Å². The molecule has 0 saturated heterocycles. The summed E-state index contributed by atoms with van der Waals surface area (Å²) in [6, 6.07) is 14.7. The van der Waals surface area contributed by atoms with Crippen molar-refractivity contribution in [2.75, 3.05) is 11.6 Å². The molecule has 1 fully saturated rings. The molecular formula is C22H22N2O4S. The van der Waals surface area contributed by atoms with E-state index in [9.17, 15) is 13.2 Å². The summed E-state index contributed by atoms with van der Waals surface area (Å²) in [5.41, 5.74) is 3.07. The predicted octanol–water partition coefficient (Wildman–Crippen LogP) is 4.32. The summed E-state index contributed by atoms with van der Waals surface area (Å²) in [5, 5.41) is 2.88. The van der Waals surface area contributed by atoms with E-state index in [0.717, 1.165) is 24.0 Å². The van der Waals surface area contributed by atoms with E-state index in [2.05, 4.69) is 10.3 Å². The molecule has 150 valence electrons. The molecule has 0 bridgehead atoms. The Morgan fingerprint density at radius 2 is 1.86 bits per heavy atom. The zero-order chi connectivity index (χ0) is 20.6. The zero-order valence-corrected chi connectivity index (χ0v) is 17.1. The van der Waals surface area contributed by atoms with Crippen molar-refractivity contribution in [3.8, 4) is 11.5 Å². The topological polar surface area (TPSA) is 89.3 Å². The van der Waals surface area contributed by atoms with Crippen molar-refractivity contribution in [2.45, 2.75) is 31.4 Å². The van der Waals surface area contributed by atoms with Crippen LogP contribution in [0.5, 0.6) is 0 Å². The summed E-state index contributed by atoms with van der Waals surface area (Å²) in [6.07, 6.45) is 3.15. The molecule has 0 aliphatic heterocycles. The van der Waals surface area contributed by atoms with Gasteiger partial charge in [0, 0.05) is 23.4 Å². The van der Waals surface area contributed by atoms with Crippen LogP contribution in [0.15, 0.2) is 52.9 Å². The second-order valence-electron chi connectivity index (χ2n) is 7.49. The summed E-state index contributed by atoms with van der Waals surface area (Å²) in [6.45, 7) is 1.80. The molecular weight excluding hydrogens is 388 g/mol. The van der Waals surface area contributed by atoms with Crippen LogP contribution >= 0.6 is 0 Å². The Labute approximate surface area is 169 Å². The van der Waals surface area contributed by atoms with Gasteiger partial charge in [-0.2, -0.15) is 0 Å². The molecule has 1 saturated carbocycles. The van der Waals surface area contributed by atoms with E-state index < -0.39 is 9.84 Å². The van der Waals surface area contributed by atoms with Crippen molar-refractivity contribution in [3.63, 3.8) is 0 Å². The molecule has 0 spiro atoms. The summed E-state index contributed by atoms with van der Waals surface area (Å²) in [4.78, 5) is 17.5. The number of anilines is 1. The fourth-order valence-corrected chi connectivity index (χ4v) is 4.14. The molecule has 0 radical (unpaired) electrons. The summed E-state index contributed by atoms with van der Waals surface area (Å²) < 4.78 is 29.3. The molecule has 0 unspecified atom stereocenters. The lowest BCUT2D eigenvalue weighted by Gasteiger charge is -2.11. The van der Waals surface area contributed by atoms with Gasteiger partial charge < -0.3 is 9.73 Å².